The van der Waals surface area contributed by atoms with Crippen molar-refractivity contribution < 1.29 is 23.9 Å². The predicted molar refractivity (Wildman–Crippen MR) is 142 cm³/mol. The maximum atomic E-state index is 13.2. The summed E-state index contributed by atoms with van der Waals surface area (Å²) in [4.78, 5) is 44.7. The Balaban J connectivity index is 1.90. The number of likely N-dealkylation sites (tertiary alicyclic amines) is 1. The van der Waals surface area contributed by atoms with Crippen LogP contribution in [0.4, 0.5) is 0 Å². The van der Waals surface area contributed by atoms with Gasteiger partial charge in [0, 0.05) is 6.08 Å². The molecule has 7 nitrogen and oxygen atoms in total. The molecule has 1 amide bonds. The number of fused-ring (bicyclic) bond motifs is 1. The number of para-hydroxylation sites is 1. The molecular formula is C25H30N2O5S3. The lowest BCUT2D eigenvalue weighted by Gasteiger charge is -2.45. The van der Waals surface area contributed by atoms with Crippen LogP contribution < -0.4 is 0 Å². The number of ether oxygens (including phenoxy) is 2. The molecule has 0 bridgehead atoms. The zero-order valence-corrected chi connectivity index (χ0v) is 23.4. The van der Waals surface area contributed by atoms with Gasteiger partial charge in [0.1, 0.15) is 16.6 Å². The summed E-state index contributed by atoms with van der Waals surface area (Å²) in [5, 5.41) is -0.596. The van der Waals surface area contributed by atoms with E-state index in [2.05, 4.69) is 11.6 Å². The van der Waals surface area contributed by atoms with E-state index in [1.165, 1.54) is 43.9 Å². The number of carbonyl (C=O) groups is 3. The molecule has 1 aliphatic heterocycles. The highest BCUT2D eigenvalue weighted by molar-refractivity contribution is 8.77. The van der Waals surface area contributed by atoms with Gasteiger partial charge in [-0.05, 0) is 77.0 Å². The van der Waals surface area contributed by atoms with E-state index in [9.17, 15) is 14.4 Å². The van der Waals surface area contributed by atoms with Gasteiger partial charge >= 0.3 is 11.9 Å². The van der Waals surface area contributed by atoms with Gasteiger partial charge in [-0.1, -0.05) is 29.5 Å². The maximum absolute atomic E-state index is 13.2. The second-order valence-corrected chi connectivity index (χ2v) is 13.7. The summed E-state index contributed by atoms with van der Waals surface area (Å²) in [6.07, 6.45) is 1.21. The molecule has 3 rings (SSSR count). The van der Waals surface area contributed by atoms with Gasteiger partial charge in [0.2, 0.25) is 0 Å². The number of aromatic nitrogens is 1. The Morgan fingerprint density at radius 3 is 2.34 bits per heavy atom. The van der Waals surface area contributed by atoms with Gasteiger partial charge in [-0.25, -0.2) is 14.6 Å². The highest BCUT2D eigenvalue weighted by Gasteiger charge is 2.50. The van der Waals surface area contributed by atoms with Crippen molar-refractivity contribution in [1.29, 1.82) is 0 Å². The number of β-lactam (4-membered cyclic amide) rings is 1. The van der Waals surface area contributed by atoms with Crippen LogP contribution >= 0.6 is 32.9 Å². The zero-order valence-electron chi connectivity index (χ0n) is 20.9. The summed E-state index contributed by atoms with van der Waals surface area (Å²) in [7, 11) is 2.73. The molecule has 1 fully saturated rings. The third-order valence-electron chi connectivity index (χ3n) is 4.54. The van der Waals surface area contributed by atoms with Crippen molar-refractivity contribution in [3.63, 3.8) is 0 Å². The third-order valence-corrected chi connectivity index (χ3v) is 8.49. The standard InChI is InChI=1S/C25H30N2O5S3/c1-14(2)19(22(30)32-25(6,7)8)27-20(29)15(13-18(28)31-24(3,4)5)21(27)34-35-23-26-16-11-9-10-12-17(16)33-23/h9-13,19,21H,1H2,2-8H3/b15-13-/t19-,21-/m1/s1. The fourth-order valence-electron chi connectivity index (χ4n) is 3.27. The van der Waals surface area contributed by atoms with Gasteiger partial charge in [-0.2, -0.15) is 0 Å². The van der Waals surface area contributed by atoms with Crippen molar-refractivity contribution in [3.8, 4) is 0 Å². The van der Waals surface area contributed by atoms with Crippen LogP contribution in [0, 0.1) is 0 Å². The molecule has 0 N–H and O–H groups in total. The smallest absolute Gasteiger partial charge is 0.333 e. The number of nitrogens with zero attached hydrogens (tertiary/aromatic N) is 2. The quantitative estimate of drug-likeness (QED) is 0.146. The van der Waals surface area contributed by atoms with Gasteiger partial charge in [-0.3, -0.25) is 4.79 Å². The molecule has 1 aliphatic rings. The molecule has 2 atom stereocenters. The Kier molecular flexibility index (Phi) is 8.08. The Labute approximate surface area is 217 Å². The number of esters is 2. The number of rotatable bonds is 7. The van der Waals surface area contributed by atoms with Gasteiger partial charge in [0.25, 0.3) is 5.91 Å². The summed E-state index contributed by atoms with van der Waals surface area (Å²) in [6, 6.07) is 6.83. The number of thiazole rings is 1. The molecule has 1 aromatic carbocycles. The first-order chi connectivity index (χ1) is 16.2. The average Bonchev–Trinajstić information content (AvgIpc) is 3.11. The van der Waals surface area contributed by atoms with E-state index in [0.29, 0.717) is 5.57 Å². The van der Waals surface area contributed by atoms with E-state index < -0.39 is 40.5 Å². The molecular weight excluding hydrogens is 504 g/mol. The molecule has 0 spiro atoms. The van der Waals surface area contributed by atoms with Crippen LogP contribution in [0.5, 0.6) is 0 Å². The van der Waals surface area contributed by atoms with E-state index in [-0.39, 0.29) is 5.57 Å². The minimum Gasteiger partial charge on any atom is -0.458 e. The minimum atomic E-state index is -0.981. The van der Waals surface area contributed by atoms with Crippen LogP contribution in [0.2, 0.25) is 0 Å². The summed E-state index contributed by atoms with van der Waals surface area (Å²) in [5.74, 6) is -1.61. The van der Waals surface area contributed by atoms with E-state index >= 15 is 0 Å². The minimum absolute atomic E-state index is 0.257. The molecule has 0 aliphatic carbocycles. The number of hydrogen-bond donors (Lipinski definition) is 0. The van der Waals surface area contributed by atoms with Crippen LogP contribution in [-0.2, 0) is 23.9 Å². The Hall–Kier alpha value is -2.30. The summed E-state index contributed by atoms with van der Waals surface area (Å²) in [5.41, 5.74) is 0.189. The monoisotopic (exact) mass is 534 g/mol. The van der Waals surface area contributed by atoms with Crippen molar-refractivity contribution >= 4 is 61.0 Å². The Bertz CT molecular complexity index is 1160. The summed E-state index contributed by atoms with van der Waals surface area (Å²) < 4.78 is 12.8. The molecule has 1 aromatic heterocycles. The highest BCUT2D eigenvalue weighted by atomic mass is 33.1. The average molecular weight is 535 g/mol. The van der Waals surface area contributed by atoms with Crippen LogP contribution in [0.3, 0.4) is 0 Å². The number of hydrogen-bond acceptors (Lipinski definition) is 9. The lowest BCUT2D eigenvalue weighted by Crippen LogP contribution is -2.61. The molecule has 2 aromatic rings. The topological polar surface area (TPSA) is 85.8 Å². The number of benzene rings is 1. The second-order valence-electron chi connectivity index (χ2n) is 10.1. The van der Waals surface area contributed by atoms with E-state index in [1.807, 2.05) is 24.3 Å². The molecule has 0 radical (unpaired) electrons. The van der Waals surface area contributed by atoms with Crippen molar-refractivity contribution in [2.75, 3.05) is 0 Å². The lowest BCUT2D eigenvalue weighted by atomic mass is 9.98. The van der Waals surface area contributed by atoms with Crippen LogP contribution in [0.1, 0.15) is 48.5 Å². The molecule has 2 heterocycles. The highest BCUT2D eigenvalue weighted by Crippen LogP contribution is 2.47. The maximum Gasteiger partial charge on any atom is 0.333 e. The normalized spacial score (nSPS) is 18.4. The number of carbonyl (C=O) groups excluding carboxylic acids is 3. The fourth-order valence-corrected chi connectivity index (χ4v) is 7.15. The van der Waals surface area contributed by atoms with Crippen molar-refractivity contribution in [2.45, 2.75) is 75.4 Å². The van der Waals surface area contributed by atoms with Gasteiger partial charge in [-0.15, -0.1) is 11.3 Å². The van der Waals surface area contributed by atoms with Gasteiger partial charge in [0.05, 0.1) is 15.8 Å². The van der Waals surface area contributed by atoms with E-state index in [4.69, 9.17) is 9.47 Å². The van der Waals surface area contributed by atoms with Gasteiger partial charge in [0.15, 0.2) is 10.4 Å². The first-order valence-corrected chi connectivity index (χ1v) is 14.0. The molecule has 188 valence electrons. The first-order valence-electron chi connectivity index (χ1n) is 11.0. The lowest BCUT2D eigenvalue weighted by molar-refractivity contribution is -0.164. The molecule has 0 saturated carbocycles. The van der Waals surface area contributed by atoms with Crippen LogP contribution in [-0.4, -0.2) is 50.3 Å². The van der Waals surface area contributed by atoms with E-state index in [1.54, 1.807) is 48.5 Å². The number of amides is 1. The Morgan fingerprint density at radius 1 is 1.14 bits per heavy atom. The fraction of sp³-hybridized carbons (Fsp3) is 0.440. The zero-order chi connectivity index (χ0) is 26.1. The molecule has 1 saturated heterocycles. The van der Waals surface area contributed by atoms with Crippen molar-refractivity contribution in [1.82, 2.24) is 9.88 Å². The SMILES string of the molecule is C=C(C)[C@H](C(=O)OC(C)(C)C)N1C(=O)/C(=C/C(=O)OC(C)(C)C)[C@H]1SSc1nc2ccccc2s1. The van der Waals surface area contributed by atoms with Crippen LogP contribution in [0.15, 0.2) is 52.4 Å². The van der Waals surface area contributed by atoms with Crippen LogP contribution in [0.25, 0.3) is 10.2 Å². The second kappa shape index (κ2) is 10.4. The van der Waals surface area contributed by atoms with Crippen molar-refractivity contribution in [2.24, 2.45) is 0 Å². The summed E-state index contributed by atoms with van der Waals surface area (Å²) in [6.45, 7) is 16.2. The summed E-state index contributed by atoms with van der Waals surface area (Å²) >= 11 is 1.54. The Morgan fingerprint density at radius 2 is 1.77 bits per heavy atom. The predicted octanol–water partition coefficient (Wildman–Crippen LogP) is 5.76. The largest absolute Gasteiger partial charge is 0.458 e. The molecule has 10 heteroatoms. The van der Waals surface area contributed by atoms with E-state index in [0.717, 1.165) is 14.6 Å². The third kappa shape index (κ3) is 6.89. The molecule has 0 unspecified atom stereocenters. The first kappa shape index (κ1) is 27.3. The molecule has 35 heavy (non-hydrogen) atoms. The van der Waals surface area contributed by atoms with Crippen molar-refractivity contribution in [3.05, 3.63) is 48.1 Å². The van der Waals surface area contributed by atoms with Gasteiger partial charge < -0.3 is 14.4 Å².